The quantitative estimate of drug-likeness (QED) is 0.895. The van der Waals surface area contributed by atoms with Crippen molar-refractivity contribution in [2.45, 2.75) is 33.6 Å². The molecular weight excluding hydrogens is 232 g/mol. The van der Waals surface area contributed by atoms with Crippen molar-refractivity contribution in [1.82, 2.24) is 10.2 Å². The SMILES string of the molecule is CC(C)(C)Cc1ccc(CCN2CCNCC2)cc1. The molecule has 1 fully saturated rings. The summed E-state index contributed by atoms with van der Waals surface area (Å²) in [6, 6.07) is 9.23. The molecule has 1 aliphatic heterocycles. The fraction of sp³-hybridized carbons (Fsp3) is 0.647. The van der Waals surface area contributed by atoms with Crippen LogP contribution in [0.25, 0.3) is 0 Å². The summed E-state index contributed by atoms with van der Waals surface area (Å²) in [5.41, 5.74) is 3.30. The Morgan fingerprint density at radius 1 is 1.00 bits per heavy atom. The molecule has 0 saturated carbocycles. The van der Waals surface area contributed by atoms with Crippen LogP contribution in [0.3, 0.4) is 0 Å². The first kappa shape index (κ1) is 14.5. The zero-order valence-corrected chi connectivity index (χ0v) is 12.7. The average Bonchev–Trinajstić information content (AvgIpc) is 2.37. The van der Waals surface area contributed by atoms with Gasteiger partial charge in [-0.2, -0.15) is 0 Å². The molecule has 1 saturated heterocycles. The number of hydrogen-bond acceptors (Lipinski definition) is 2. The number of nitrogens with one attached hydrogen (secondary N) is 1. The second-order valence-electron chi connectivity index (χ2n) is 6.90. The Kier molecular flexibility index (Phi) is 5.00. The van der Waals surface area contributed by atoms with Gasteiger partial charge in [0.05, 0.1) is 0 Å². The van der Waals surface area contributed by atoms with Crippen LogP contribution in [0.2, 0.25) is 0 Å². The van der Waals surface area contributed by atoms with E-state index in [4.69, 9.17) is 0 Å². The van der Waals surface area contributed by atoms with Gasteiger partial charge in [0.25, 0.3) is 0 Å². The van der Waals surface area contributed by atoms with E-state index in [1.54, 1.807) is 0 Å². The molecule has 0 amide bonds. The molecule has 106 valence electrons. The third-order valence-corrected chi connectivity index (χ3v) is 3.68. The maximum Gasteiger partial charge on any atom is 0.0108 e. The summed E-state index contributed by atoms with van der Waals surface area (Å²) in [5, 5.41) is 3.40. The lowest BCUT2D eigenvalue weighted by molar-refractivity contribution is 0.244. The molecule has 19 heavy (non-hydrogen) atoms. The van der Waals surface area contributed by atoms with Crippen LogP contribution in [0, 0.1) is 5.41 Å². The van der Waals surface area contributed by atoms with Crippen molar-refractivity contribution >= 4 is 0 Å². The largest absolute Gasteiger partial charge is 0.314 e. The standard InChI is InChI=1S/C17H28N2/c1-17(2,3)14-16-6-4-15(5-7-16)8-11-19-12-9-18-10-13-19/h4-7,18H,8-14H2,1-3H3. The highest BCUT2D eigenvalue weighted by Gasteiger charge is 2.11. The normalized spacial score (nSPS) is 17.6. The van der Waals surface area contributed by atoms with Crippen LogP contribution in [0.1, 0.15) is 31.9 Å². The topological polar surface area (TPSA) is 15.3 Å². The maximum absolute atomic E-state index is 3.40. The molecule has 0 atom stereocenters. The van der Waals surface area contributed by atoms with Crippen LogP contribution in [0.4, 0.5) is 0 Å². The molecule has 2 rings (SSSR count). The van der Waals surface area contributed by atoms with E-state index in [0.717, 1.165) is 19.5 Å². The molecule has 2 heteroatoms. The Hall–Kier alpha value is -0.860. The minimum Gasteiger partial charge on any atom is -0.314 e. The van der Waals surface area contributed by atoms with E-state index in [0.29, 0.717) is 5.41 Å². The van der Waals surface area contributed by atoms with E-state index < -0.39 is 0 Å². The van der Waals surface area contributed by atoms with Gasteiger partial charge >= 0.3 is 0 Å². The molecular formula is C17H28N2. The van der Waals surface area contributed by atoms with Crippen molar-refractivity contribution < 1.29 is 0 Å². The van der Waals surface area contributed by atoms with Crippen molar-refractivity contribution in [3.63, 3.8) is 0 Å². The smallest absolute Gasteiger partial charge is 0.0108 e. The van der Waals surface area contributed by atoms with Gasteiger partial charge in [-0.25, -0.2) is 0 Å². The highest BCUT2D eigenvalue weighted by molar-refractivity contribution is 5.23. The molecule has 0 bridgehead atoms. The van der Waals surface area contributed by atoms with Gasteiger partial charge in [0, 0.05) is 32.7 Å². The van der Waals surface area contributed by atoms with E-state index in [-0.39, 0.29) is 0 Å². The first-order chi connectivity index (χ1) is 9.03. The number of rotatable bonds is 4. The maximum atomic E-state index is 3.40. The summed E-state index contributed by atoms with van der Waals surface area (Å²) in [4.78, 5) is 2.56. The van der Waals surface area contributed by atoms with Crippen LogP contribution in [0.5, 0.6) is 0 Å². The minimum absolute atomic E-state index is 0.377. The second-order valence-corrected chi connectivity index (χ2v) is 6.90. The number of piperazine rings is 1. The predicted molar refractivity (Wildman–Crippen MR) is 82.6 cm³/mol. The molecule has 0 aromatic heterocycles. The molecule has 0 aliphatic carbocycles. The highest BCUT2D eigenvalue weighted by Crippen LogP contribution is 2.20. The summed E-state index contributed by atoms with van der Waals surface area (Å²) in [7, 11) is 0. The van der Waals surface area contributed by atoms with Crippen molar-refractivity contribution in [3.05, 3.63) is 35.4 Å². The van der Waals surface area contributed by atoms with E-state index in [9.17, 15) is 0 Å². The second kappa shape index (κ2) is 6.53. The zero-order chi connectivity index (χ0) is 13.7. The summed E-state index contributed by atoms with van der Waals surface area (Å²) < 4.78 is 0. The van der Waals surface area contributed by atoms with Crippen LogP contribution in [-0.2, 0) is 12.8 Å². The molecule has 0 unspecified atom stereocenters. The lowest BCUT2D eigenvalue weighted by Crippen LogP contribution is -2.44. The summed E-state index contributed by atoms with van der Waals surface area (Å²) in [5.74, 6) is 0. The van der Waals surface area contributed by atoms with Gasteiger partial charge in [-0.1, -0.05) is 45.0 Å². The minimum atomic E-state index is 0.377. The van der Waals surface area contributed by atoms with E-state index >= 15 is 0 Å². The predicted octanol–water partition coefficient (Wildman–Crippen LogP) is 2.72. The van der Waals surface area contributed by atoms with Gasteiger partial charge in [0.15, 0.2) is 0 Å². The summed E-state index contributed by atoms with van der Waals surface area (Å²) >= 11 is 0. The van der Waals surface area contributed by atoms with E-state index in [1.807, 2.05) is 0 Å². The van der Waals surface area contributed by atoms with E-state index in [2.05, 4.69) is 55.3 Å². The van der Waals surface area contributed by atoms with Gasteiger partial charge in [0.2, 0.25) is 0 Å². The van der Waals surface area contributed by atoms with E-state index in [1.165, 1.54) is 37.2 Å². The Balaban J connectivity index is 1.81. The van der Waals surface area contributed by atoms with Crippen LogP contribution in [-0.4, -0.2) is 37.6 Å². The van der Waals surface area contributed by atoms with Crippen molar-refractivity contribution in [3.8, 4) is 0 Å². The first-order valence-corrected chi connectivity index (χ1v) is 7.54. The highest BCUT2D eigenvalue weighted by atomic mass is 15.2. The lowest BCUT2D eigenvalue weighted by atomic mass is 9.88. The third kappa shape index (κ3) is 5.33. The monoisotopic (exact) mass is 260 g/mol. The Bertz CT molecular complexity index is 369. The van der Waals surface area contributed by atoms with Gasteiger partial charge in [0.1, 0.15) is 0 Å². The van der Waals surface area contributed by atoms with Crippen molar-refractivity contribution in [2.75, 3.05) is 32.7 Å². The Labute approximate surface area is 118 Å². The van der Waals surface area contributed by atoms with Crippen molar-refractivity contribution in [1.29, 1.82) is 0 Å². The molecule has 1 heterocycles. The van der Waals surface area contributed by atoms with Crippen molar-refractivity contribution in [2.24, 2.45) is 5.41 Å². The first-order valence-electron chi connectivity index (χ1n) is 7.54. The third-order valence-electron chi connectivity index (χ3n) is 3.68. The molecule has 1 aromatic carbocycles. The van der Waals surface area contributed by atoms with Gasteiger partial charge < -0.3 is 10.2 Å². The summed E-state index contributed by atoms with van der Waals surface area (Å²) in [6.45, 7) is 12.8. The Morgan fingerprint density at radius 2 is 1.58 bits per heavy atom. The fourth-order valence-corrected chi connectivity index (χ4v) is 2.66. The average molecular weight is 260 g/mol. The lowest BCUT2D eigenvalue weighted by Gasteiger charge is -2.27. The number of hydrogen-bond donors (Lipinski definition) is 1. The zero-order valence-electron chi connectivity index (χ0n) is 12.7. The van der Waals surface area contributed by atoms with Crippen LogP contribution < -0.4 is 5.32 Å². The molecule has 1 aromatic rings. The molecule has 1 N–H and O–H groups in total. The molecule has 0 radical (unpaired) electrons. The van der Waals surface area contributed by atoms with Crippen LogP contribution >= 0.6 is 0 Å². The number of nitrogens with zero attached hydrogens (tertiary/aromatic N) is 1. The number of benzene rings is 1. The van der Waals surface area contributed by atoms with Gasteiger partial charge in [-0.3, -0.25) is 0 Å². The van der Waals surface area contributed by atoms with Gasteiger partial charge in [-0.15, -0.1) is 0 Å². The molecule has 0 spiro atoms. The molecule has 2 nitrogen and oxygen atoms in total. The van der Waals surface area contributed by atoms with Gasteiger partial charge in [-0.05, 0) is 29.4 Å². The van der Waals surface area contributed by atoms with Crippen LogP contribution in [0.15, 0.2) is 24.3 Å². The fourth-order valence-electron chi connectivity index (χ4n) is 2.66. The summed E-state index contributed by atoms with van der Waals surface area (Å²) in [6.07, 6.45) is 2.33. The molecule has 1 aliphatic rings. The Morgan fingerprint density at radius 3 is 2.16 bits per heavy atom.